The van der Waals surface area contributed by atoms with Gasteiger partial charge in [-0.2, -0.15) is 18.4 Å². The molecule has 0 radical (unpaired) electrons. The van der Waals surface area contributed by atoms with Gasteiger partial charge in [-0.3, -0.25) is 4.79 Å². The maximum atomic E-state index is 14.0. The molecular formula is C35H37F3N6OS2. The van der Waals surface area contributed by atoms with Crippen LogP contribution in [0, 0.1) is 17.2 Å². The second-order valence-electron chi connectivity index (χ2n) is 11.3. The van der Waals surface area contributed by atoms with Crippen LogP contribution in [0.4, 0.5) is 18.9 Å². The molecule has 0 spiro atoms. The number of amides is 1. The van der Waals surface area contributed by atoms with Crippen molar-refractivity contribution in [3.8, 4) is 6.07 Å². The van der Waals surface area contributed by atoms with Gasteiger partial charge >= 0.3 is 6.18 Å². The van der Waals surface area contributed by atoms with E-state index < -0.39 is 17.8 Å². The highest BCUT2D eigenvalue weighted by Gasteiger charge is 2.34. The molecule has 246 valence electrons. The van der Waals surface area contributed by atoms with Crippen LogP contribution < -0.4 is 10.6 Å². The average molecular weight is 679 g/mol. The molecule has 0 aliphatic heterocycles. The number of nitrogens with zero attached hydrogens (tertiary/aromatic N) is 4. The van der Waals surface area contributed by atoms with Crippen LogP contribution in [0.2, 0.25) is 0 Å². The van der Waals surface area contributed by atoms with Crippen LogP contribution in [0.1, 0.15) is 48.2 Å². The minimum atomic E-state index is -4.53. The highest BCUT2D eigenvalue weighted by molar-refractivity contribution is 7.98. The summed E-state index contributed by atoms with van der Waals surface area (Å²) in [7, 11) is 0. The van der Waals surface area contributed by atoms with E-state index in [9.17, 15) is 18.0 Å². The van der Waals surface area contributed by atoms with E-state index in [1.807, 2.05) is 61.1 Å². The molecular weight excluding hydrogens is 642 g/mol. The fraction of sp³-hybridized carbons (Fsp3) is 0.314. The van der Waals surface area contributed by atoms with E-state index >= 15 is 0 Å². The summed E-state index contributed by atoms with van der Waals surface area (Å²) in [4.78, 5) is 20.5. The summed E-state index contributed by atoms with van der Waals surface area (Å²) in [5.41, 5.74) is 2.30. The summed E-state index contributed by atoms with van der Waals surface area (Å²) in [6, 6.07) is 22.0. The quantitative estimate of drug-likeness (QED) is 0.112. The lowest BCUT2D eigenvalue weighted by atomic mass is 9.97. The van der Waals surface area contributed by atoms with Crippen molar-refractivity contribution in [2.24, 2.45) is 5.92 Å². The molecule has 4 rings (SSSR count). The number of benzene rings is 3. The number of hydrogen-bond donors (Lipinski definition) is 2. The van der Waals surface area contributed by atoms with Crippen molar-refractivity contribution < 1.29 is 18.0 Å². The highest BCUT2D eigenvalue weighted by Crippen LogP contribution is 2.32. The van der Waals surface area contributed by atoms with Crippen molar-refractivity contribution in [3.05, 3.63) is 113 Å². The summed E-state index contributed by atoms with van der Waals surface area (Å²) in [6.45, 7) is 4.56. The number of carbonyl (C=O) groups is 1. The molecule has 1 amide bonds. The van der Waals surface area contributed by atoms with Crippen molar-refractivity contribution in [1.29, 1.82) is 5.26 Å². The largest absolute Gasteiger partial charge is 0.416 e. The van der Waals surface area contributed by atoms with Crippen molar-refractivity contribution in [3.63, 3.8) is 0 Å². The lowest BCUT2D eigenvalue weighted by molar-refractivity contribution is -0.138. The van der Waals surface area contributed by atoms with Gasteiger partial charge in [0.15, 0.2) is 5.11 Å². The number of halogens is 3. The van der Waals surface area contributed by atoms with Gasteiger partial charge in [0.05, 0.1) is 29.9 Å². The van der Waals surface area contributed by atoms with E-state index in [1.165, 1.54) is 12.1 Å². The topological polar surface area (TPSA) is 86.0 Å². The fourth-order valence-electron chi connectivity index (χ4n) is 5.07. The molecule has 0 saturated carbocycles. The van der Waals surface area contributed by atoms with Gasteiger partial charge in [0.1, 0.15) is 0 Å². The Labute approximate surface area is 283 Å². The minimum Gasteiger partial charge on any atom is -0.351 e. The maximum Gasteiger partial charge on any atom is 0.416 e. The molecule has 1 aromatic heterocycles. The van der Waals surface area contributed by atoms with Gasteiger partial charge < -0.3 is 20.1 Å². The Morgan fingerprint density at radius 2 is 1.81 bits per heavy atom. The summed E-state index contributed by atoms with van der Waals surface area (Å²) >= 11 is 7.38. The van der Waals surface area contributed by atoms with Crippen LogP contribution in [-0.2, 0) is 30.5 Å². The van der Waals surface area contributed by atoms with Crippen LogP contribution in [0.5, 0.6) is 0 Å². The molecule has 2 N–H and O–H groups in total. The molecule has 12 heteroatoms. The first-order chi connectivity index (χ1) is 22.5. The monoisotopic (exact) mass is 678 g/mol. The van der Waals surface area contributed by atoms with Crippen LogP contribution in [-0.4, -0.2) is 44.3 Å². The number of nitrogens with one attached hydrogen (secondary N) is 2. The summed E-state index contributed by atoms with van der Waals surface area (Å²) in [5, 5.41) is 15.7. The van der Waals surface area contributed by atoms with Gasteiger partial charge in [0, 0.05) is 48.1 Å². The van der Waals surface area contributed by atoms with E-state index in [-0.39, 0.29) is 42.0 Å². The number of thioether (sulfide) groups is 1. The Morgan fingerprint density at radius 1 is 1.11 bits per heavy atom. The lowest BCUT2D eigenvalue weighted by Gasteiger charge is -2.34. The second kappa shape index (κ2) is 16.5. The van der Waals surface area contributed by atoms with Gasteiger partial charge in [0.25, 0.3) is 0 Å². The molecule has 0 unspecified atom stereocenters. The van der Waals surface area contributed by atoms with Crippen LogP contribution in [0.25, 0.3) is 0 Å². The first-order valence-corrected chi connectivity index (χ1v) is 16.8. The van der Waals surface area contributed by atoms with Gasteiger partial charge in [-0.15, -0.1) is 11.8 Å². The third-order valence-corrected chi connectivity index (χ3v) is 9.09. The Kier molecular flexibility index (Phi) is 12.4. The van der Waals surface area contributed by atoms with E-state index in [0.29, 0.717) is 23.5 Å². The van der Waals surface area contributed by atoms with Gasteiger partial charge in [-0.25, -0.2) is 4.98 Å². The lowest BCUT2D eigenvalue weighted by Crippen LogP contribution is -2.50. The zero-order valence-corrected chi connectivity index (χ0v) is 28.1. The maximum absolute atomic E-state index is 14.0. The van der Waals surface area contributed by atoms with E-state index in [0.717, 1.165) is 22.9 Å². The Bertz CT molecular complexity index is 1680. The number of aromatic nitrogens is 2. The molecule has 4 aromatic rings. The number of thiocarbonyl (C=S) groups is 1. The normalized spacial score (nSPS) is 12.5. The third-order valence-electron chi connectivity index (χ3n) is 7.98. The van der Waals surface area contributed by atoms with E-state index in [1.54, 1.807) is 47.4 Å². The third kappa shape index (κ3) is 10.1. The molecule has 47 heavy (non-hydrogen) atoms. The standard InChI is InChI=1S/C35H37F3N6OS2/c1-4-24(2)32(42-33(45)17-29-19-40-23-44(29)20-26-11-9-25(18-39)10-12-26)22-43(21-27-7-5-6-8-31(27)35(36,37)38)34(46)41-28-13-15-30(47-3)16-14-28/h5-16,19,23-24,32H,4,17,20-22H2,1-3H3,(H,41,46)(H,42,45)/t24-,32+/m0/s1. The zero-order chi connectivity index (χ0) is 34.0. The molecule has 0 bridgehead atoms. The predicted octanol–water partition coefficient (Wildman–Crippen LogP) is 7.52. The van der Waals surface area contributed by atoms with Crippen LogP contribution in [0.3, 0.4) is 0 Å². The SMILES string of the molecule is CC[C@H](C)[C@@H](CN(Cc1ccccc1C(F)(F)F)C(=S)Nc1ccc(SC)cc1)NC(=O)Cc1cncn1Cc1ccc(C#N)cc1. The van der Waals surface area contributed by atoms with Crippen molar-refractivity contribution in [1.82, 2.24) is 19.8 Å². The Balaban J connectivity index is 1.54. The van der Waals surface area contributed by atoms with Crippen molar-refractivity contribution >= 4 is 40.7 Å². The molecule has 0 aliphatic rings. The Hall–Kier alpha value is -4.34. The van der Waals surface area contributed by atoms with E-state index in [4.69, 9.17) is 17.5 Å². The van der Waals surface area contributed by atoms with Crippen LogP contribution >= 0.6 is 24.0 Å². The second-order valence-corrected chi connectivity index (χ2v) is 12.5. The number of anilines is 1. The van der Waals surface area contributed by atoms with Gasteiger partial charge in [-0.05, 0) is 78.0 Å². The predicted molar refractivity (Wildman–Crippen MR) is 184 cm³/mol. The number of carbonyl (C=O) groups excluding carboxylic acids is 1. The average Bonchev–Trinajstić information content (AvgIpc) is 3.49. The molecule has 0 aliphatic carbocycles. The van der Waals surface area contributed by atoms with Crippen molar-refractivity contribution in [2.45, 2.75) is 56.9 Å². The molecule has 0 fully saturated rings. The number of nitriles is 1. The summed E-state index contributed by atoms with van der Waals surface area (Å²) in [5.74, 6) is -0.245. The highest BCUT2D eigenvalue weighted by atomic mass is 32.2. The number of rotatable bonds is 13. The first-order valence-electron chi connectivity index (χ1n) is 15.1. The summed E-state index contributed by atoms with van der Waals surface area (Å²) < 4.78 is 43.8. The van der Waals surface area contributed by atoms with Crippen LogP contribution in [0.15, 0.2) is 90.2 Å². The zero-order valence-electron chi connectivity index (χ0n) is 26.4. The number of alkyl halides is 3. The minimum absolute atomic E-state index is 0.00784. The molecule has 2 atom stereocenters. The smallest absolute Gasteiger partial charge is 0.351 e. The number of hydrogen-bond acceptors (Lipinski definition) is 5. The van der Waals surface area contributed by atoms with Crippen molar-refractivity contribution in [2.75, 3.05) is 18.1 Å². The molecule has 1 heterocycles. The molecule has 0 saturated heterocycles. The van der Waals surface area contributed by atoms with E-state index in [2.05, 4.69) is 21.7 Å². The first kappa shape index (κ1) is 35.5. The molecule has 3 aromatic carbocycles. The number of imidazole rings is 1. The fourth-order valence-corrected chi connectivity index (χ4v) is 5.73. The molecule has 7 nitrogen and oxygen atoms in total. The van der Waals surface area contributed by atoms with Gasteiger partial charge in [-0.1, -0.05) is 50.6 Å². The Morgan fingerprint density at radius 3 is 2.45 bits per heavy atom. The summed E-state index contributed by atoms with van der Waals surface area (Å²) in [6.07, 6.45) is 1.52. The van der Waals surface area contributed by atoms with Gasteiger partial charge in [0.2, 0.25) is 5.91 Å².